The van der Waals surface area contributed by atoms with Crippen molar-refractivity contribution in [1.82, 2.24) is 0 Å². The summed E-state index contributed by atoms with van der Waals surface area (Å²) in [6.45, 7) is 0. The average molecular weight is 128 g/mol. The second-order valence-corrected chi connectivity index (χ2v) is 0. The van der Waals surface area contributed by atoms with E-state index in [0.717, 1.165) is 0 Å². The van der Waals surface area contributed by atoms with Gasteiger partial charge in [0.05, 0.1) is 0 Å². The second-order valence-electron chi connectivity index (χ2n) is 0. The Hall–Kier alpha value is 0.423. The van der Waals surface area contributed by atoms with Crippen LogP contribution in [0.15, 0.2) is 0 Å². The van der Waals surface area contributed by atoms with Gasteiger partial charge in [0.1, 0.15) is 0 Å². The van der Waals surface area contributed by atoms with Gasteiger partial charge in [-0.1, -0.05) is 0 Å². The summed E-state index contributed by atoms with van der Waals surface area (Å²) in [7, 11) is 0. The van der Waals surface area contributed by atoms with Crippen LogP contribution in [-0.2, 0) is 0 Å². The summed E-state index contributed by atoms with van der Waals surface area (Å²) in [5.74, 6) is 0. The number of rotatable bonds is 0. The maximum atomic E-state index is 0. The van der Waals surface area contributed by atoms with Crippen LogP contribution >= 0.6 is 0 Å². The molecular formula is H7GeO3. The minimum absolute atomic E-state index is 0. The van der Waals surface area contributed by atoms with Gasteiger partial charge < -0.3 is 16.4 Å². The summed E-state index contributed by atoms with van der Waals surface area (Å²) >= 11 is 0. The molecule has 0 fully saturated rings. The molecule has 0 aromatic carbocycles. The van der Waals surface area contributed by atoms with Gasteiger partial charge in [-0.2, -0.15) is 0 Å². The van der Waals surface area contributed by atoms with Crippen molar-refractivity contribution in [1.29, 1.82) is 0 Å². The van der Waals surface area contributed by atoms with Gasteiger partial charge in [-0.25, -0.2) is 0 Å². The van der Waals surface area contributed by atoms with E-state index in [4.69, 9.17) is 0 Å². The second kappa shape index (κ2) is 112. The van der Waals surface area contributed by atoms with Gasteiger partial charge in [0.15, 0.2) is 0 Å². The molecule has 0 saturated carbocycles. The van der Waals surface area contributed by atoms with Crippen LogP contribution in [0.2, 0.25) is 0 Å². The summed E-state index contributed by atoms with van der Waals surface area (Å²) in [5.41, 5.74) is 0. The molecule has 0 saturated heterocycles. The molecule has 4 heteroatoms. The standard InChI is InChI=1S/GeH.3H2O/h1H;3*1H2. The van der Waals surface area contributed by atoms with E-state index < -0.39 is 0 Å². The molecule has 0 aliphatic rings. The van der Waals surface area contributed by atoms with Gasteiger partial charge in [0.25, 0.3) is 0 Å². The van der Waals surface area contributed by atoms with E-state index in [1.165, 1.54) is 0 Å². The summed E-state index contributed by atoms with van der Waals surface area (Å²) in [6, 6.07) is 0. The molecule has 29 valence electrons. The molecule has 0 heterocycles. The van der Waals surface area contributed by atoms with Gasteiger partial charge in [-0.3, -0.25) is 0 Å². The summed E-state index contributed by atoms with van der Waals surface area (Å²) in [4.78, 5) is 0. The average Bonchev–Trinajstić information content (AvgIpc) is 0. The van der Waals surface area contributed by atoms with Gasteiger partial charge in [0.2, 0.25) is 0 Å². The van der Waals surface area contributed by atoms with Crippen molar-refractivity contribution >= 4 is 17.6 Å². The zero-order chi connectivity index (χ0) is 0. The normalized spacial score (nSPS) is 0. The fraction of sp³-hybridized carbons (Fsp3) is 0. The Morgan fingerprint density at radius 3 is 0.500 bits per heavy atom. The van der Waals surface area contributed by atoms with Crippen molar-refractivity contribution in [2.75, 3.05) is 0 Å². The van der Waals surface area contributed by atoms with Crippen LogP contribution in [0.25, 0.3) is 0 Å². The van der Waals surface area contributed by atoms with E-state index in [1.807, 2.05) is 0 Å². The fourth-order valence-corrected chi connectivity index (χ4v) is 0. The third-order valence-electron chi connectivity index (χ3n) is 0. The number of hydrogen-bond acceptors (Lipinski definition) is 0. The first-order valence-corrected chi connectivity index (χ1v) is 0. The van der Waals surface area contributed by atoms with Gasteiger partial charge in [-0.05, 0) is 0 Å². The van der Waals surface area contributed by atoms with Crippen LogP contribution in [0.4, 0.5) is 0 Å². The Bertz CT molecular complexity index is 3.25. The van der Waals surface area contributed by atoms with E-state index >= 15 is 0 Å². The van der Waals surface area contributed by atoms with Crippen LogP contribution < -0.4 is 0 Å². The van der Waals surface area contributed by atoms with Gasteiger partial charge in [-0.15, -0.1) is 0 Å². The molecule has 0 aromatic heterocycles. The van der Waals surface area contributed by atoms with Crippen molar-refractivity contribution in [2.24, 2.45) is 0 Å². The molecular weight excluding hydrogens is 121 g/mol. The Morgan fingerprint density at radius 1 is 0.500 bits per heavy atom. The first kappa shape index (κ1) is 290. The monoisotopic (exact) mass is 129 g/mol. The minimum atomic E-state index is 0. The van der Waals surface area contributed by atoms with Crippen LogP contribution in [-0.4, -0.2) is 34.0 Å². The topological polar surface area (TPSA) is 94.5 Å². The maximum absolute atomic E-state index is 0. The summed E-state index contributed by atoms with van der Waals surface area (Å²) < 4.78 is 0. The SMILES string of the molecule is O.O.O.[GeH]. The van der Waals surface area contributed by atoms with Crippen molar-refractivity contribution in [3.63, 3.8) is 0 Å². The van der Waals surface area contributed by atoms with E-state index in [0.29, 0.717) is 0 Å². The molecule has 0 aliphatic heterocycles. The van der Waals surface area contributed by atoms with Gasteiger partial charge in [0, 0.05) is 0 Å². The molecule has 0 rings (SSSR count). The first-order chi connectivity index (χ1) is 0. The Kier molecular flexibility index (Phi) is 8140. The Labute approximate surface area is 34.9 Å². The Morgan fingerprint density at radius 2 is 0.500 bits per heavy atom. The van der Waals surface area contributed by atoms with Gasteiger partial charge >= 0.3 is 17.6 Å². The zero-order valence-corrected chi connectivity index (χ0v) is 4.50. The third kappa shape index (κ3) is 27.4. The molecule has 3 radical (unpaired) electrons. The number of hydrogen-bond donors (Lipinski definition) is 0. The molecule has 4 heavy (non-hydrogen) atoms. The molecule has 0 unspecified atom stereocenters. The molecule has 0 amide bonds. The molecule has 3 nitrogen and oxygen atoms in total. The zero-order valence-electron chi connectivity index (χ0n) is 2.08. The van der Waals surface area contributed by atoms with E-state index in [2.05, 4.69) is 0 Å². The molecule has 6 N–H and O–H groups in total. The Balaban J connectivity index is 0. The van der Waals surface area contributed by atoms with Crippen molar-refractivity contribution in [2.45, 2.75) is 0 Å². The van der Waals surface area contributed by atoms with Crippen LogP contribution in [0, 0.1) is 0 Å². The third-order valence-corrected chi connectivity index (χ3v) is 0. The molecule has 0 aliphatic carbocycles. The van der Waals surface area contributed by atoms with E-state index in [1.54, 1.807) is 0 Å². The molecule has 0 atom stereocenters. The van der Waals surface area contributed by atoms with Crippen LogP contribution in [0.5, 0.6) is 0 Å². The van der Waals surface area contributed by atoms with Crippen molar-refractivity contribution in [3.8, 4) is 0 Å². The van der Waals surface area contributed by atoms with E-state index in [9.17, 15) is 0 Å². The van der Waals surface area contributed by atoms with Crippen molar-refractivity contribution < 1.29 is 16.4 Å². The van der Waals surface area contributed by atoms with Crippen LogP contribution in [0.1, 0.15) is 0 Å². The van der Waals surface area contributed by atoms with Crippen LogP contribution in [0.3, 0.4) is 0 Å². The molecule has 0 aromatic rings. The summed E-state index contributed by atoms with van der Waals surface area (Å²) in [5, 5.41) is 0. The first-order valence-electron chi connectivity index (χ1n) is 0. The van der Waals surface area contributed by atoms with E-state index in [-0.39, 0.29) is 34.0 Å². The molecule has 0 bridgehead atoms. The van der Waals surface area contributed by atoms with Crippen molar-refractivity contribution in [3.05, 3.63) is 0 Å². The predicted molar refractivity (Wildman–Crippen MR) is 18.0 cm³/mol. The quantitative estimate of drug-likeness (QED) is 0.308. The predicted octanol–water partition coefficient (Wildman–Crippen LogP) is -3.12. The molecule has 0 spiro atoms. The summed E-state index contributed by atoms with van der Waals surface area (Å²) in [6.07, 6.45) is 0. The fourth-order valence-electron chi connectivity index (χ4n) is 0.